The molecule has 2 N–H and O–H groups in total. The Hall–Kier alpha value is -2.93. The maximum absolute atomic E-state index is 6.43. The Morgan fingerprint density at radius 3 is 2.52 bits per heavy atom. The molecule has 1 aliphatic carbocycles. The van der Waals surface area contributed by atoms with E-state index < -0.39 is 0 Å². The maximum atomic E-state index is 6.43. The van der Waals surface area contributed by atoms with Gasteiger partial charge in [0.2, 0.25) is 0 Å². The average Bonchev–Trinajstić information content (AvgIpc) is 3.47. The van der Waals surface area contributed by atoms with E-state index in [0.717, 1.165) is 64.6 Å². The van der Waals surface area contributed by atoms with Crippen LogP contribution < -0.4 is 5.73 Å². The minimum atomic E-state index is 0.323. The van der Waals surface area contributed by atoms with Crippen LogP contribution in [0.4, 0.5) is 0 Å². The number of hydrogen-bond acceptors (Lipinski definition) is 4. The van der Waals surface area contributed by atoms with E-state index in [0.29, 0.717) is 22.1 Å². The minimum Gasteiger partial charge on any atom is -0.328 e. The number of pyridine rings is 2. The lowest BCUT2D eigenvalue weighted by Crippen LogP contribution is -2.27. The van der Waals surface area contributed by atoms with Crippen molar-refractivity contribution in [3.8, 4) is 22.4 Å². The molecule has 1 aliphatic rings. The molecular weight excluding hydrogens is 455 g/mol. The largest absolute Gasteiger partial charge is 0.328 e. The summed E-state index contributed by atoms with van der Waals surface area (Å²) in [5.74, 6) is 0. The van der Waals surface area contributed by atoms with Crippen molar-refractivity contribution in [2.45, 2.75) is 37.8 Å². The lowest BCUT2D eigenvalue weighted by Gasteiger charge is -2.26. The van der Waals surface area contributed by atoms with Crippen molar-refractivity contribution >= 4 is 39.8 Å². The number of hydrogen-bond donors (Lipinski definition) is 1. The van der Waals surface area contributed by atoms with Crippen molar-refractivity contribution in [2.75, 3.05) is 0 Å². The number of halogens is 2. The van der Waals surface area contributed by atoms with Crippen LogP contribution >= 0.6 is 23.2 Å². The monoisotopic (exact) mass is 476 g/mol. The van der Waals surface area contributed by atoms with E-state index in [1.807, 2.05) is 53.5 Å². The van der Waals surface area contributed by atoms with Gasteiger partial charge in [-0.1, -0.05) is 29.3 Å². The third kappa shape index (κ3) is 3.68. The molecule has 0 amide bonds. The summed E-state index contributed by atoms with van der Waals surface area (Å²) in [6.07, 6.45) is 14.1. The van der Waals surface area contributed by atoms with Crippen LogP contribution in [0, 0.1) is 0 Å². The van der Waals surface area contributed by atoms with Gasteiger partial charge in [0, 0.05) is 52.9 Å². The van der Waals surface area contributed by atoms with Crippen molar-refractivity contribution in [3.05, 3.63) is 71.4 Å². The predicted octanol–water partition coefficient (Wildman–Crippen LogP) is 6.16. The van der Waals surface area contributed by atoms with Gasteiger partial charge >= 0.3 is 0 Å². The summed E-state index contributed by atoms with van der Waals surface area (Å²) in [5.41, 5.74) is 11.3. The number of nitrogens with two attached hydrogens (primary N) is 1. The molecule has 0 bridgehead atoms. The van der Waals surface area contributed by atoms with Crippen molar-refractivity contribution in [2.24, 2.45) is 5.73 Å². The highest BCUT2D eigenvalue weighted by atomic mass is 35.5. The first-order valence-corrected chi connectivity index (χ1v) is 11.8. The first kappa shape index (κ1) is 20.7. The first-order valence-electron chi connectivity index (χ1n) is 11.1. The summed E-state index contributed by atoms with van der Waals surface area (Å²) in [5, 5.41) is 6.75. The summed E-state index contributed by atoms with van der Waals surface area (Å²) >= 11 is 12.9. The Morgan fingerprint density at radius 1 is 0.939 bits per heavy atom. The number of rotatable bonds is 3. The van der Waals surface area contributed by atoms with Crippen molar-refractivity contribution in [1.29, 1.82) is 0 Å². The molecule has 1 aromatic carbocycles. The minimum absolute atomic E-state index is 0.323. The standard InChI is InChI=1S/C25H22Cl2N6/c26-20-2-1-3-21(27)24(20)23-14-32-9-8-22-19(25(32)31-23)10-15(11-29-22)16-12-30-33(13-16)18-6-4-17(28)5-7-18/h1-3,8-14,17-18H,4-7,28H2/t17-,18-. The second kappa shape index (κ2) is 8.13. The normalized spacial score (nSPS) is 18.9. The fourth-order valence-electron chi connectivity index (χ4n) is 4.72. The van der Waals surface area contributed by atoms with E-state index in [2.05, 4.69) is 22.0 Å². The Labute approximate surface area is 201 Å². The summed E-state index contributed by atoms with van der Waals surface area (Å²) in [4.78, 5) is 9.57. The van der Waals surface area contributed by atoms with E-state index in [1.165, 1.54) is 0 Å². The molecule has 1 fully saturated rings. The summed E-state index contributed by atoms with van der Waals surface area (Å²) in [6, 6.07) is 10.3. The van der Waals surface area contributed by atoms with E-state index in [1.54, 1.807) is 0 Å². The second-order valence-corrected chi connectivity index (χ2v) is 9.52. The molecule has 8 heteroatoms. The molecule has 33 heavy (non-hydrogen) atoms. The fraction of sp³-hybridized carbons (Fsp3) is 0.240. The van der Waals surface area contributed by atoms with Gasteiger partial charge in [0.15, 0.2) is 0 Å². The summed E-state index contributed by atoms with van der Waals surface area (Å²) in [7, 11) is 0. The van der Waals surface area contributed by atoms with Crippen LogP contribution in [0.3, 0.4) is 0 Å². The lowest BCUT2D eigenvalue weighted by atomic mass is 9.92. The van der Waals surface area contributed by atoms with Gasteiger partial charge in [0.05, 0.1) is 33.5 Å². The lowest BCUT2D eigenvalue weighted by molar-refractivity contribution is 0.304. The molecule has 4 heterocycles. The van der Waals surface area contributed by atoms with Crippen LogP contribution in [-0.4, -0.2) is 30.2 Å². The molecule has 0 atom stereocenters. The van der Waals surface area contributed by atoms with Crippen LogP contribution in [-0.2, 0) is 0 Å². The second-order valence-electron chi connectivity index (χ2n) is 8.70. The van der Waals surface area contributed by atoms with E-state index in [-0.39, 0.29) is 0 Å². The Morgan fingerprint density at radius 2 is 1.73 bits per heavy atom. The van der Waals surface area contributed by atoms with Crippen LogP contribution in [0.25, 0.3) is 38.9 Å². The molecule has 0 saturated heterocycles. The molecule has 4 aromatic heterocycles. The van der Waals surface area contributed by atoms with Gasteiger partial charge in [-0.15, -0.1) is 0 Å². The zero-order valence-electron chi connectivity index (χ0n) is 17.8. The highest BCUT2D eigenvalue weighted by Gasteiger charge is 2.21. The number of fused-ring (bicyclic) bond motifs is 3. The van der Waals surface area contributed by atoms with Gasteiger partial charge in [-0.05, 0) is 49.9 Å². The van der Waals surface area contributed by atoms with Gasteiger partial charge in [-0.2, -0.15) is 5.10 Å². The number of imidazole rings is 1. The molecule has 0 radical (unpaired) electrons. The quantitative estimate of drug-likeness (QED) is 0.338. The van der Waals surface area contributed by atoms with E-state index >= 15 is 0 Å². The summed E-state index contributed by atoms with van der Waals surface area (Å²) < 4.78 is 4.07. The van der Waals surface area contributed by atoms with Gasteiger partial charge < -0.3 is 10.1 Å². The molecule has 5 aromatic rings. The zero-order valence-corrected chi connectivity index (χ0v) is 19.3. The Bertz CT molecular complexity index is 1460. The maximum Gasteiger partial charge on any atom is 0.146 e. The zero-order chi connectivity index (χ0) is 22.5. The Balaban J connectivity index is 1.41. The molecule has 6 rings (SSSR count). The first-order chi connectivity index (χ1) is 16.1. The van der Waals surface area contributed by atoms with Gasteiger partial charge in [0.25, 0.3) is 0 Å². The third-order valence-electron chi connectivity index (χ3n) is 6.55. The van der Waals surface area contributed by atoms with Crippen LogP contribution in [0.5, 0.6) is 0 Å². The number of aromatic nitrogens is 5. The molecule has 1 saturated carbocycles. The molecule has 0 unspecified atom stereocenters. The van der Waals surface area contributed by atoms with Crippen LogP contribution in [0.1, 0.15) is 31.7 Å². The smallest absolute Gasteiger partial charge is 0.146 e. The predicted molar refractivity (Wildman–Crippen MR) is 133 cm³/mol. The van der Waals surface area contributed by atoms with Crippen LogP contribution in [0.2, 0.25) is 10.0 Å². The highest BCUT2D eigenvalue weighted by molar-refractivity contribution is 6.39. The van der Waals surface area contributed by atoms with E-state index in [9.17, 15) is 0 Å². The molecular formula is C25H22Cl2N6. The number of benzene rings is 1. The van der Waals surface area contributed by atoms with Gasteiger partial charge in [-0.3, -0.25) is 9.67 Å². The van der Waals surface area contributed by atoms with Gasteiger partial charge in [-0.25, -0.2) is 4.98 Å². The summed E-state index contributed by atoms with van der Waals surface area (Å²) in [6.45, 7) is 0. The van der Waals surface area contributed by atoms with Gasteiger partial charge in [0.1, 0.15) is 5.65 Å². The van der Waals surface area contributed by atoms with E-state index in [4.69, 9.17) is 38.9 Å². The third-order valence-corrected chi connectivity index (χ3v) is 7.18. The molecule has 6 nitrogen and oxygen atoms in total. The highest BCUT2D eigenvalue weighted by Crippen LogP contribution is 2.35. The van der Waals surface area contributed by atoms with Crippen molar-refractivity contribution < 1.29 is 0 Å². The molecule has 0 spiro atoms. The van der Waals surface area contributed by atoms with Crippen molar-refractivity contribution in [1.82, 2.24) is 24.1 Å². The SMILES string of the molecule is N[C@H]1CC[C@H](n2cc(-c3cnc4ccn5cc(-c6c(Cl)cccc6Cl)nc5c4c3)cn2)CC1. The van der Waals surface area contributed by atoms with Crippen LogP contribution in [0.15, 0.2) is 61.3 Å². The fourth-order valence-corrected chi connectivity index (χ4v) is 5.31. The van der Waals surface area contributed by atoms with Crippen molar-refractivity contribution in [3.63, 3.8) is 0 Å². The average molecular weight is 477 g/mol. The molecule has 166 valence electrons. The topological polar surface area (TPSA) is 74.0 Å². The number of nitrogens with zero attached hydrogens (tertiary/aromatic N) is 5. The molecule has 0 aliphatic heterocycles. The Kier molecular flexibility index (Phi) is 5.09.